The Hall–Kier alpha value is -3.62. The van der Waals surface area contributed by atoms with Gasteiger partial charge in [0.1, 0.15) is 11.5 Å². The molecule has 0 spiro atoms. The fourth-order valence-electron chi connectivity index (χ4n) is 4.22. The topological polar surface area (TPSA) is 124 Å². The van der Waals surface area contributed by atoms with Gasteiger partial charge in [0, 0.05) is 50.4 Å². The molecule has 2 aliphatic heterocycles. The van der Waals surface area contributed by atoms with Crippen LogP contribution >= 0.6 is 0 Å². The Morgan fingerprint density at radius 1 is 0.923 bits per heavy atom. The number of piperidine rings is 1. The van der Waals surface area contributed by atoms with Crippen molar-refractivity contribution in [1.29, 1.82) is 0 Å². The molecule has 2 aromatic heterocycles. The molecule has 2 aromatic rings. The number of carboxylic acids is 2. The first kappa shape index (κ1) is 31.6. The zero-order chi connectivity index (χ0) is 29.4. The third kappa shape index (κ3) is 9.57. The molecule has 0 unspecified atom stereocenters. The number of halogens is 6. The van der Waals surface area contributed by atoms with Gasteiger partial charge in [-0.15, -0.1) is 0 Å². The number of alkyl halides is 6. The molecule has 4 heterocycles. The van der Waals surface area contributed by atoms with E-state index in [9.17, 15) is 31.1 Å². The number of carboxylic acid groups (broad SMARTS) is 2. The summed E-state index contributed by atoms with van der Waals surface area (Å²) in [4.78, 5) is 39.0. The lowest BCUT2D eigenvalue weighted by atomic mass is 9.95. The van der Waals surface area contributed by atoms with Gasteiger partial charge in [-0.2, -0.15) is 26.3 Å². The molecule has 0 saturated carbocycles. The van der Waals surface area contributed by atoms with Crippen molar-refractivity contribution in [1.82, 2.24) is 14.8 Å². The number of carbonyl (C=O) groups is 3. The standard InChI is InChI=1S/C20H25N3O2.2C2HF3O2/c1-2-16-3-4-17(25-16)14-22-12-9-19-18(22)5-6-20(24)23(19)13-15-7-10-21-11-8-15;2*3-2(4,5)1(6)7/h3-4,7-8,10-11,18-19H,2,5-6,9,12-14H2,1H3;2*(H,6,7)/t18-,19-;;/m0../s1. The van der Waals surface area contributed by atoms with Crippen LogP contribution in [0.3, 0.4) is 0 Å². The Balaban J connectivity index is 0.000000317. The van der Waals surface area contributed by atoms with Gasteiger partial charge in [0.2, 0.25) is 5.91 Å². The second-order valence-corrected chi connectivity index (χ2v) is 8.64. The van der Waals surface area contributed by atoms with Crippen molar-refractivity contribution >= 4 is 17.8 Å². The van der Waals surface area contributed by atoms with Crippen LogP contribution in [0, 0.1) is 0 Å². The van der Waals surface area contributed by atoms with E-state index in [1.54, 1.807) is 12.4 Å². The monoisotopic (exact) mass is 567 g/mol. The fraction of sp³-hybridized carbons (Fsp3) is 0.500. The molecule has 15 heteroatoms. The summed E-state index contributed by atoms with van der Waals surface area (Å²) in [6.45, 7) is 4.67. The van der Waals surface area contributed by atoms with Crippen LogP contribution in [0.15, 0.2) is 41.1 Å². The fourth-order valence-corrected chi connectivity index (χ4v) is 4.22. The lowest BCUT2D eigenvalue weighted by Gasteiger charge is -2.39. The summed E-state index contributed by atoms with van der Waals surface area (Å²) in [6.07, 6.45) is -3.00. The number of amides is 1. The second-order valence-electron chi connectivity index (χ2n) is 8.64. The van der Waals surface area contributed by atoms with E-state index >= 15 is 0 Å². The van der Waals surface area contributed by atoms with Gasteiger partial charge in [-0.1, -0.05) is 6.92 Å². The van der Waals surface area contributed by atoms with Crippen molar-refractivity contribution in [2.24, 2.45) is 0 Å². The van der Waals surface area contributed by atoms with Gasteiger partial charge in [0.05, 0.1) is 6.54 Å². The van der Waals surface area contributed by atoms with Crippen LogP contribution in [-0.4, -0.2) is 73.8 Å². The number of hydrogen-bond donors (Lipinski definition) is 2. The first-order valence-electron chi connectivity index (χ1n) is 11.7. The van der Waals surface area contributed by atoms with Crippen molar-refractivity contribution in [3.05, 3.63) is 53.7 Å². The number of aliphatic carboxylic acids is 2. The van der Waals surface area contributed by atoms with Gasteiger partial charge in [-0.25, -0.2) is 9.59 Å². The summed E-state index contributed by atoms with van der Waals surface area (Å²) < 4.78 is 69.4. The molecule has 4 rings (SSSR count). The molecule has 2 atom stereocenters. The highest BCUT2D eigenvalue weighted by Crippen LogP contribution is 2.33. The highest BCUT2D eigenvalue weighted by molar-refractivity contribution is 5.77. The molecule has 2 aliphatic rings. The van der Waals surface area contributed by atoms with E-state index in [0.717, 1.165) is 49.4 Å². The molecule has 39 heavy (non-hydrogen) atoms. The van der Waals surface area contributed by atoms with Crippen molar-refractivity contribution in [3.63, 3.8) is 0 Å². The van der Waals surface area contributed by atoms with Gasteiger partial charge in [0.25, 0.3) is 0 Å². The van der Waals surface area contributed by atoms with E-state index in [4.69, 9.17) is 24.2 Å². The number of aromatic nitrogens is 1. The summed E-state index contributed by atoms with van der Waals surface area (Å²) in [7, 11) is 0. The molecule has 9 nitrogen and oxygen atoms in total. The average molecular weight is 567 g/mol. The number of hydrogen-bond acceptors (Lipinski definition) is 6. The molecule has 1 amide bonds. The van der Waals surface area contributed by atoms with Crippen LogP contribution in [0.4, 0.5) is 26.3 Å². The quantitative estimate of drug-likeness (QED) is 0.514. The first-order valence-corrected chi connectivity index (χ1v) is 11.7. The average Bonchev–Trinajstić information content (AvgIpc) is 3.48. The van der Waals surface area contributed by atoms with Gasteiger partial charge in [-0.05, 0) is 42.7 Å². The third-order valence-corrected chi connectivity index (χ3v) is 6.01. The Kier molecular flexibility index (Phi) is 10.9. The molecule has 2 N–H and O–H groups in total. The SMILES string of the molecule is CCc1ccc(CN2CC[C@H]3[C@@H]2CCC(=O)N3Cc2ccncc2)o1.O=C(O)C(F)(F)F.O=C(O)C(F)(F)F. The molecular formula is C24H27F6N3O6. The lowest BCUT2D eigenvalue weighted by molar-refractivity contribution is -0.193. The second kappa shape index (κ2) is 13.4. The van der Waals surface area contributed by atoms with E-state index < -0.39 is 24.3 Å². The number of rotatable bonds is 5. The summed E-state index contributed by atoms with van der Waals surface area (Å²) in [5.41, 5.74) is 1.15. The molecule has 0 aliphatic carbocycles. The highest BCUT2D eigenvalue weighted by atomic mass is 19.4. The largest absolute Gasteiger partial charge is 0.490 e. The lowest BCUT2D eigenvalue weighted by Crippen LogP contribution is -2.51. The number of furan rings is 1. The van der Waals surface area contributed by atoms with Crippen LogP contribution in [0.1, 0.15) is 43.3 Å². The van der Waals surface area contributed by atoms with Crippen molar-refractivity contribution in [3.8, 4) is 0 Å². The molecule has 2 fully saturated rings. The number of pyridine rings is 1. The summed E-state index contributed by atoms with van der Waals surface area (Å²) in [5.74, 6) is -3.15. The first-order chi connectivity index (χ1) is 18.1. The van der Waals surface area contributed by atoms with Crippen LogP contribution in [0.2, 0.25) is 0 Å². The Bertz CT molecular complexity index is 1080. The van der Waals surface area contributed by atoms with Crippen molar-refractivity contribution in [2.75, 3.05) is 6.54 Å². The molecule has 216 valence electrons. The predicted molar refractivity (Wildman–Crippen MR) is 122 cm³/mol. The van der Waals surface area contributed by atoms with Gasteiger partial charge < -0.3 is 19.5 Å². The summed E-state index contributed by atoms with van der Waals surface area (Å²) in [5, 5.41) is 14.2. The van der Waals surface area contributed by atoms with E-state index in [-0.39, 0.29) is 5.91 Å². The number of likely N-dealkylation sites (tertiary alicyclic amines) is 2. The van der Waals surface area contributed by atoms with E-state index in [1.165, 1.54) is 0 Å². The normalized spacial score (nSPS) is 19.4. The number of fused-ring (bicyclic) bond motifs is 1. The molecular weight excluding hydrogens is 540 g/mol. The minimum absolute atomic E-state index is 0.284. The molecule has 0 radical (unpaired) electrons. The zero-order valence-corrected chi connectivity index (χ0v) is 20.7. The molecule has 0 bridgehead atoms. The maximum absolute atomic E-state index is 12.5. The third-order valence-electron chi connectivity index (χ3n) is 6.01. The van der Waals surface area contributed by atoms with E-state index in [2.05, 4.69) is 33.8 Å². The van der Waals surface area contributed by atoms with Gasteiger partial charge >= 0.3 is 24.3 Å². The molecule has 0 aromatic carbocycles. The zero-order valence-electron chi connectivity index (χ0n) is 20.7. The van der Waals surface area contributed by atoms with Crippen LogP contribution in [0.5, 0.6) is 0 Å². The maximum Gasteiger partial charge on any atom is 0.490 e. The van der Waals surface area contributed by atoms with Crippen LogP contribution in [-0.2, 0) is 33.9 Å². The summed E-state index contributed by atoms with van der Waals surface area (Å²) in [6, 6.07) is 8.92. The van der Waals surface area contributed by atoms with Crippen molar-refractivity contribution in [2.45, 2.75) is 70.1 Å². The van der Waals surface area contributed by atoms with Crippen molar-refractivity contribution < 1.29 is 55.4 Å². The highest BCUT2D eigenvalue weighted by Gasteiger charge is 2.43. The Morgan fingerprint density at radius 2 is 1.46 bits per heavy atom. The minimum atomic E-state index is -5.08. The minimum Gasteiger partial charge on any atom is -0.475 e. The number of carbonyl (C=O) groups excluding carboxylic acids is 1. The Morgan fingerprint density at radius 3 is 1.95 bits per heavy atom. The van der Waals surface area contributed by atoms with Gasteiger partial charge in [-0.3, -0.25) is 14.7 Å². The Labute approximate surface area is 219 Å². The maximum atomic E-state index is 12.5. The predicted octanol–water partition coefficient (Wildman–Crippen LogP) is 4.27. The van der Waals surface area contributed by atoms with Gasteiger partial charge in [0.15, 0.2) is 0 Å². The van der Waals surface area contributed by atoms with Crippen LogP contribution < -0.4 is 0 Å². The van der Waals surface area contributed by atoms with Crippen LogP contribution in [0.25, 0.3) is 0 Å². The number of nitrogens with zero attached hydrogens (tertiary/aromatic N) is 3. The number of aryl methyl sites for hydroxylation is 1. The smallest absolute Gasteiger partial charge is 0.475 e. The molecule has 2 saturated heterocycles. The van der Waals surface area contributed by atoms with E-state index in [0.29, 0.717) is 25.0 Å². The summed E-state index contributed by atoms with van der Waals surface area (Å²) >= 11 is 0. The van der Waals surface area contributed by atoms with E-state index in [1.807, 2.05) is 12.1 Å².